The fraction of sp³-hybridized carbons (Fsp3) is 0.333. The number of rotatable bonds is 14. The summed E-state index contributed by atoms with van der Waals surface area (Å²) >= 11 is 0. The maximum Gasteiger partial charge on any atom is 0.203 e. The van der Waals surface area contributed by atoms with Crippen LogP contribution in [0.3, 0.4) is 0 Å². The van der Waals surface area contributed by atoms with Crippen LogP contribution in [-0.2, 0) is 6.42 Å². The molecule has 202 valence electrons. The minimum atomic E-state index is 0.606. The predicted octanol–water partition coefficient (Wildman–Crippen LogP) is 8.19. The van der Waals surface area contributed by atoms with Crippen LogP contribution in [0.25, 0.3) is 24.3 Å². The Morgan fingerprint density at radius 2 is 0.921 bits per heavy atom. The van der Waals surface area contributed by atoms with Crippen molar-refractivity contribution >= 4 is 24.3 Å². The quantitative estimate of drug-likeness (QED) is 0.202. The van der Waals surface area contributed by atoms with Gasteiger partial charge in [-0.15, -0.1) is 0 Å². The molecule has 5 nitrogen and oxygen atoms in total. The van der Waals surface area contributed by atoms with Crippen LogP contribution in [0.15, 0.2) is 48.5 Å². The van der Waals surface area contributed by atoms with E-state index in [1.807, 2.05) is 24.3 Å². The molecule has 3 aromatic carbocycles. The topological polar surface area (TPSA) is 46.2 Å². The van der Waals surface area contributed by atoms with Crippen LogP contribution >= 0.6 is 0 Å². The summed E-state index contributed by atoms with van der Waals surface area (Å²) in [5.41, 5.74) is 5.42. The summed E-state index contributed by atoms with van der Waals surface area (Å²) < 4.78 is 28.5. The summed E-state index contributed by atoms with van der Waals surface area (Å²) in [7, 11) is 4.97. The van der Waals surface area contributed by atoms with Crippen molar-refractivity contribution < 1.29 is 23.7 Å². The zero-order chi connectivity index (χ0) is 27.3. The van der Waals surface area contributed by atoms with Gasteiger partial charge in [-0.05, 0) is 71.3 Å². The first-order chi connectivity index (χ1) is 18.6. The molecule has 0 amide bonds. The molecular weight excluding hydrogens is 476 g/mol. The molecule has 0 spiro atoms. The summed E-state index contributed by atoms with van der Waals surface area (Å²) in [6.07, 6.45) is 11.1. The molecule has 0 heterocycles. The van der Waals surface area contributed by atoms with E-state index in [1.54, 1.807) is 21.3 Å². The Labute approximate surface area is 227 Å². The van der Waals surface area contributed by atoms with E-state index in [1.165, 1.54) is 0 Å². The molecule has 0 unspecified atom stereocenters. The van der Waals surface area contributed by atoms with Crippen LogP contribution in [-0.4, -0.2) is 34.5 Å². The standard InChI is InChI=1S/C33H40O5/c1-7-18-37-32-28(9-3)20-26(21-29(32)34-4)16-14-24-10-12-25(13-11-24)15-17-27-22-30(35-5)33(38-19-8-2)31(23-27)36-6/h10-17,20-23H,7-9,18-19H2,1-6H3/b16-14+,17-15+. The van der Waals surface area contributed by atoms with Gasteiger partial charge in [-0.25, -0.2) is 0 Å². The first-order valence-electron chi connectivity index (χ1n) is 13.2. The van der Waals surface area contributed by atoms with Crippen molar-refractivity contribution in [1.82, 2.24) is 0 Å². The number of methoxy groups -OCH3 is 3. The molecule has 0 saturated heterocycles. The molecule has 0 aromatic heterocycles. The van der Waals surface area contributed by atoms with E-state index in [4.69, 9.17) is 23.7 Å². The third-order valence-electron chi connectivity index (χ3n) is 6.01. The van der Waals surface area contributed by atoms with Gasteiger partial charge in [-0.2, -0.15) is 0 Å². The summed E-state index contributed by atoms with van der Waals surface area (Å²) in [5.74, 6) is 3.58. The Hall–Kier alpha value is -3.86. The molecule has 0 saturated carbocycles. The largest absolute Gasteiger partial charge is 0.493 e. The highest BCUT2D eigenvalue weighted by Crippen LogP contribution is 2.39. The molecule has 0 N–H and O–H groups in total. The Morgan fingerprint density at radius 1 is 0.526 bits per heavy atom. The van der Waals surface area contributed by atoms with Gasteiger partial charge < -0.3 is 23.7 Å². The highest BCUT2D eigenvalue weighted by molar-refractivity contribution is 5.75. The fourth-order valence-electron chi connectivity index (χ4n) is 4.01. The summed E-state index contributed by atoms with van der Waals surface area (Å²) in [6.45, 7) is 7.59. The van der Waals surface area contributed by atoms with Crippen molar-refractivity contribution in [3.8, 4) is 28.7 Å². The summed E-state index contributed by atoms with van der Waals surface area (Å²) in [4.78, 5) is 0. The van der Waals surface area contributed by atoms with E-state index in [0.717, 1.165) is 58.6 Å². The van der Waals surface area contributed by atoms with Crippen LogP contribution < -0.4 is 23.7 Å². The SMILES string of the molecule is CCCOc1c(CC)cc(/C=C/c2ccc(/C=C/c3cc(OC)c(OCCC)c(OC)c3)cc2)cc1OC. The van der Waals surface area contributed by atoms with Crippen LogP contribution in [0.4, 0.5) is 0 Å². The molecule has 5 heteroatoms. The van der Waals surface area contributed by atoms with Gasteiger partial charge in [0.15, 0.2) is 23.0 Å². The number of aryl methyl sites for hydroxylation is 1. The van der Waals surface area contributed by atoms with Crippen molar-refractivity contribution in [2.75, 3.05) is 34.5 Å². The maximum absolute atomic E-state index is 5.96. The van der Waals surface area contributed by atoms with E-state index in [0.29, 0.717) is 30.5 Å². The molecule has 3 rings (SSSR count). The van der Waals surface area contributed by atoms with Gasteiger partial charge in [0.2, 0.25) is 5.75 Å². The molecule has 0 radical (unpaired) electrons. The van der Waals surface area contributed by atoms with Gasteiger partial charge in [0.1, 0.15) is 0 Å². The lowest BCUT2D eigenvalue weighted by atomic mass is 10.0. The van der Waals surface area contributed by atoms with Crippen LogP contribution in [0, 0.1) is 0 Å². The molecular formula is C33H40O5. The van der Waals surface area contributed by atoms with Gasteiger partial charge in [0, 0.05) is 0 Å². The highest BCUT2D eigenvalue weighted by atomic mass is 16.5. The first kappa shape index (κ1) is 28.7. The third-order valence-corrected chi connectivity index (χ3v) is 6.01. The van der Waals surface area contributed by atoms with E-state index in [9.17, 15) is 0 Å². The second kappa shape index (κ2) is 14.8. The van der Waals surface area contributed by atoms with Gasteiger partial charge in [-0.1, -0.05) is 69.3 Å². The predicted molar refractivity (Wildman–Crippen MR) is 158 cm³/mol. The molecule has 0 aliphatic carbocycles. The zero-order valence-electron chi connectivity index (χ0n) is 23.5. The van der Waals surface area contributed by atoms with Crippen molar-refractivity contribution in [2.24, 2.45) is 0 Å². The highest BCUT2D eigenvalue weighted by Gasteiger charge is 2.13. The summed E-state index contributed by atoms with van der Waals surface area (Å²) in [5, 5.41) is 0. The van der Waals surface area contributed by atoms with Gasteiger partial charge in [-0.3, -0.25) is 0 Å². The molecule has 0 atom stereocenters. The molecule has 0 aliphatic rings. The first-order valence-corrected chi connectivity index (χ1v) is 13.2. The van der Waals surface area contributed by atoms with E-state index in [2.05, 4.69) is 69.3 Å². The number of benzene rings is 3. The Balaban J connectivity index is 1.75. The van der Waals surface area contributed by atoms with Crippen molar-refractivity contribution in [1.29, 1.82) is 0 Å². The van der Waals surface area contributed by atoms with Crippen molar-refractivity contribution in [3.63, 3.8) is 0 Å². The van der Waals surface area contributed by atoms with Crippen LogP contribution in [0.2, 0.25) is 0 Å². The van der Waals surface area contributed by atoms with Gasteiger partial charge in [0.25, 0.3) is 0 Å². The number of hydrogen-bond acceptors (Lipinski definition) is 5. The normalized spacial score (nSPS) is 11.2. The molecule has 3 aromatic rings. The lowest BCUT2D eigenvalue weighted by molar-refractivity contribution is 0.275. The minimum absolute atomic E-state index is 0.606. The Bertz CT molecular complexity index is 1080. The van der Waals surface area contributed by atoms with Crippen molar-refractivity contribution in [3.05, 3.63) is 76.3 Å². The molecule has 0 bridgehead atoms. The molecule has 0 aliphatic heterocycles. The van der Waals surface area contributed by atoms with E-state index < -0.39 is 0 Å². The van der Waals surface area contributed by atoms with Crippen molar-refractivity contribution in [2.45, 2.75) is 40.0 Å². The molecule has 38 heavy (non-hydrogen) atoms. The third kappa shape index (κ3) is 7.58. The Morgan fingerprint density at radius 3 is 1.34 bits per heavy atom. The average Bonchev–Trinajstić information content (AvgIpc) is 2.96. The Kier molecular flexibility index (Phi) is 11.2. The number of hydrogen-bond donors (Lipinski definition) is 0. The van der Waals surface area contributed by atoms with Gasteiger partial charge >= 0.3 is 0 Å². The zero-order valence-corrected chi connectivity index (χ0v) is 23.5. The smallest absolute Gasteiger partial charge is 0.203 e. The monoisotopic (exact) mass is 516 g/mol. The second-order valence-corrected chi connectivity index (χ2v) is 8.85. The summed E-state index contributed by atoms with van der Waals surface area (Å²) in [6, 6.07) is 16.5. The van der Waals surface area contributed by atoms with E-state index >= 15 is 0 Å². The van der Waals surface area contributed by atoms with Crippen LogP contribution in [0.1, 0.15) is 61.4 Å². The average molecular weight is 517 g/mol. The lowest BCUT2D eigenvalue weighted by Crippen LogP contribution is -2.01. The maximum atomic E-state index is 5.96. The lowest BCUT2D eigenvalue weighted by Gasteiger charge is -2.15. The minimum Gasteiger partial charge on any atom is -0.493 e. The van der Waals surface area contributed by atoms with Gasteiger partial charge in [0.05, 0.1) is 34.5 Å². The molecule has 0 fully saturated rings. The second-order valence-electron chi connectivity index (χ2n) is 8.85. The number of ether oxygens (including phenoxy) is 5. The fourth-order valence-corrected chi connectivity index (χ4v) is 4.01. The van der Waals surface area contributed by atoms with E-state index in [-0.39, 0.29) is 0 Å². The van der Waals surface area contributed by atoms with Crippen LogP contribution in [0.5, 0.6) is 28.7 Å².